The number of ether oxygens (including phenoxy) is 2. The van der Waals surface area contributed by atoms with Crippen molar-refractivity contribution in [2.75, 3.05) is 7.11 Å². The standard InChI is InChI=1S/C30H25NO5/c1-35-30(34)20-15-13-19(14-16-20)18-36-26-12-5-2-7-21(26)17-22-8-6-10-24-27(29(32)33)23-9-3-4-11-25(23)31-28(22)24/h2-5,7,9,11-17H,6,8,10,18H2,1H3,(H,32,33). The first-order chi connectivity index (χ1) is 17.5. The predicted octanol–water partition coefficient (Wildman–Crippen LogP) is 6.18. The maximum atomic E-state index is 12.2. The first-order valence-electron chi connectivity index (χ1n) is 11.8. The molecule has 0 spiro atoms. The average molecular weight is 480 g/mol. The molecule has 1 heterocycles. The summed E-state index contributed by atoms with van der Waals surface area (Å²) in [4.78, 5) is 28.7. The van der Waals surface area contributed by atoms with Gasteiger partial charge in [-0.3, -0.25) is 0 Å². The van der Waals surface area contributed by atoms with Gasteiger partial charge in [0, 0.05) is 10.9 Å². The van der Waals surface area contributed by atoms with Crippen LogP contribution in [0.4, 0.5) is 0 Å². The number of carbonyl (C=O) groups excluding carboxylic acids is 1. The van der Waals surface area contributed by atoms with Crippen LogP contribution in [0, 0.1) is 0 Å². The van der Waals surface area contributed by atoms with Gasteiger partial charge in [0.15, 0.2) is 0 Å². The lowest BCUT2D eigenvalue weighted by molar-refractivity contribution is 0.0599. The third-order valence-electron chi connectivity index (χ3n) is 6.40. The lowest BCUT2D eigenvalue weighted by atomic mass is 9.86. The van der Waals surface area contributed by atoms with Gasteiger partial charge >= 0.3 is 11.9 Å². The van der Waals surface area contributed by atoms with Crippen LogP contribution in [0.2, 0.25) is 0 Å². The van der Waals surface area contributed by atoms with E-state index in [2.05, 4.69) is 6.08 Å². The van der Waals surface area contributed by atoms with E-state index >= 15 is 0 Å². The fourth-order valence-corrected chi connectivity index (χ4v) is 4.65. The Morgan fingerprint density at radius 2 is 1.72 bits per heavy atom. The molecule has 1 aliphatic carbocycles. The van der Waals surface area contributed by atoms with Gasteiger partial charge in [-0.15, -0.1) is 0 Å². The highest BCUT2D eigenvalue weighted by Crippen LogP contribution is 2.37. The van der Waals surface area contributed by atoms with Gasteiger partial charge in [-0.25, -0.2) is 14.6 Å². The van der Waals surface area contributed by atoms with Crippen LogP contribution in [0.5, 0.6) is 5.75 Å². The number of fused-ring (bicyclic) bond motifs is 2. The SMILES string of the molecule is COC(=O)c1ccc(COc2ccccc2C=C2CCCc3c2nc2ccccc2c3C(=O)O)cc1. The van der Waals surface area contributed by atoms with E-state index in [-0.39, 0.29) is 5.97 Å². The molecule has 0 amide bonds. The van der Waals surface area contributed by atoms with Gasteiger partial charge in [0.25, 0.3) is 0 Å². The summed E-state index contributed by atoms with van der Waals surface area (Å²) in [5.74, 6) is -0.582. The average Bonchev–Trinajstić information content (AvgIpc) is 2.91. The third kappa shape index (κ3) is 4.58. The highest BCUT2D eigenvalue weighted by atomic mass is 16.5. The van der Waals surface area contributed by atoms with Crippen molar-refractivity contribution in [3.63, 3.8) is 0 Å². The molecule has 0 atom stereocenters. The predicted molar refractivity (Wildman–Crippen MR) is 138 cm³/mol. The van der Waals surface area contributed by atoms with Crippen molar-refractivity contribution in [1.29, 1.82) is 0 Å². The molecule has 1 aromatic heterocycles. The Kier molecular flexibility index (Phi) is 6.50. The van der Waals surface area contributed by atoms with Crippen molar-refractivity contribution in [2.24, 2.45) is 0 Å². The Bertz CT molecular complexity index is 1490. The number of benzene rings is 3. The number of para-hydroxylation sites is 2. The molecule has 4 aromatic rings. The number of rotatable bonds is 6. The number of hydrogen-bond acceptors (Lipinski definition) is 5. The number of carbonyl (C=O) groups is 2. The minimum atomic E-state index is -0.923. The Morgan fingerprint density at radius 3 is 2.50 bits per heavy atom. The van der Waals surface area contributed by atoms with Crippen molar-refractivity contribution in [1.82, 2.24) is 4.98 Å². The van der Waals surface area contributed by atoms with Gasteiger partial charge in [0.2, 0.25) is 0 Å². The molecule has 180 valence electrons. The lowest BCUT2D eigenvalue weighted by Gasteiger charge is -2.22. The number of pyridine rings is 1. The Balaban J connectivity index is 1.47. The van der Waals surface area contributed by atoms with Gasteiger partial charge in [-0.05, 0) is 66.3 Å². The summed E-state index contributed by atoms with van der Waals surface area (Å²) in [7, 11) is 1.36. The molecule has 6 nitrogen and oxygen atoms in total. The Morgan fingerprint density at radius 1 is 0.972 bits per heavy atom. The number of carboxylic acids is 1. The molecule has 0 saturated heterocycles. The van der Waals surface area contributed by atoms with E-state index < -0.39 is 5.97 Å². The van der Waals surface area contributed by atoms with Gasteiger partial charge in [-0.2, -0.15) is 0 Å². The molecule has 0 bridgehead atoms. The number of hydrogen-bond donors (Lipinski definition) is 1. The van der Waals surface area contributed by atoms with Gasteiger partial charge in [0.05, 0.1) is 29.4 Å². The quantitative estimate of drug-likeness (QED) is 0.333. The summed E-state index contributed by atoms with van der Waals surface area (Å²) in [5, 5.41) is 10.7. The van der Waals surface area contributed by atoms with Gasteiger partial charge < -0.3 is 14.6 Å². The molecule has 1 aliphatic rings. The molecule has 1 N–H and O–H groups in total. The van der Waals surface area contributed by atoms with E-state index in [0.29, 0.717) is 40.8 Å². The molecule has 3 aromatic carbocycles. The second kappa shape index (κ2) is 10.0. The van der Waals surface area contributed by atoms with Crippen LogP contribution in [-0.4, -0.2) is 29.1 Å². The maximum Gasteiger partial charge on any atom is 0.337 e. The van der Waals surface area contributed by atoms with Crippen LogP contribution in [0.1, 0.15) is 55.9 Å². The molecular formula is C30H25NO5. The smallest absolute Gasteiger partial charge is 0.337 e. The van der Waals surface area contributed by atoms with E-state index in [0.717, 1.165) is 40.8 Å². The van der Waals surface area contributed by atoms with Crippen molar-refractivity contribution in [3.8, 4) is 5.75 Å². The highest BCUT2D eigenvalue weighted by Gasteiger charge is 2.25. The number of aromatic nitrogens is 1. The van der Waals surface area contributed by atoms with Crippen LogP contribution in [0.3, 0.4) is 0 Å². The monoisotopic (exact) mass is 479 g/mol. The maximum absolute atomic E-state index is 12.2. The zero-order valence-corrected chi connectivity index (χ0v) is 19.9. The van der Waals surface area contributed by atoms with E-state index in [1.807, 2.05) is 60.7 Å². The fraction of sp³-hybridized carbons (Fsp3) is 0.167. The minimum Gasteiger partial charge on any atom is -0.488 e. The number of aromatic carboxylic acids is 1. The number of methoxy groups -OCH3 is 1. The topological polar surface area (TPSA) is 85.7 Å². The van der Waals surface area contributed by atoms with E-state index in [4.69, 9.17) is 14.5 Å². The van der Waals surface area contributed by atoms with E-state index in [1.54, 1.807) is 12.1 Å². The first kappa shape index (κ1) is 23.3. The van der Waals surface area contributed by atoms with Gasteiger partial charge in [0.1, 0.15) is 12.4 Å². The molecule has 6 heteroatoms. The second-order valence-corrected chi connectivity index (χ2v) is 8.67. The zero-order valence-electron chi connectivity index (χ0n) is 19.9. The summed E-state index contributed by atoms with van der Waals surface area (Å²) in [5.41, 5.74) is 5.90. The Hall–Kier alpha value is -4.45. The zero-order chi connectivity index (χ0) is 25.1. The molecule has 0 aliphatic heterocycles. The lowest BCUT2D eigenvalue weighted by Crippen LogP contribution is -2.13. The molecule has 0 saturated carbocycles. The van der Waals surface area contributed by atoms with Crippen molar-refractivity contribution in [3.05, 3.63) is 106 Å². The Labute approximate surface area is 208 Å². The van der Waals surface area contributed by atoms with Crippen LogP contribution in [-0.2, 0) is 17.8 Å². The van der Waals surface area contributed by atoms with Crippen LogP contribution in [0.25, 0.3) is 22.6 Å². The summed E-state index contributed by atoms with van der Waals surface area (Å²) < 4.78 is 10.9. The van der Waals surface area contributed by atoms with Crippen LogP contribution >= 0.6 is 0 Å². The van der Waals surface area contributed by atoms with Crippen molar-refractivity contribution in [2.45, 2.75) is 25.9 Å². The number of esters is 1. The number of carboxylic acid groups (broad SMARTS) is 1. The summed E-state index contributed by atoms with van der Waals surface area (Å²) >= 11 is 0. The summed E-state index contributed by atoms with van der Waals surface area (Å²) in [6.07, 6.45) is 4.41. The molecule has 36 heavy (non-hydrogen) atoms. The fourth-order valence-electron chi connectivity index (χ4n) is 4.65. The molecule has 0 unspecified atom stereocenters. The summed E-state index contributed by atoms with van der Waals surface area (Å²) in [6, 6.07) is 22.3. The third-order valence-corrected chi connectivity index (χ3v) is 6.40. The molecular weight excluding hydrogens is 454 g/mol. The van der Waals surface area contributed by atoms with Crippen molar-refractivity contribution < 1.29 is 24.2 Å². The molecule has 0 radical (unpaired) electrons. The van der Waals surface area contributed by atoms with Gasteiger partial charge in [-0.1, -0.05) is 48.5 Å². The van der Waals surface area contributed by atoms with Crippen molar-refractivity contribution >= 4 is 34.5 Å². The minimum absolute atomic E-state index is 0.338. The molecule has 0 fully saturated rings. The van der Waals surface area contributed by atoms with Crippen LogP contribution < -0.4 is 4.74 Å². The number of nitrogens with zero attached hydrogens (tertiary/aromatic N) is 1. The highest BCUT2D eigenvalue weighted by molar-refractivity contribution is 6.06. The summed E-state index contributed by atoms with van der Waals surface area (Å²) in [6.45, 7) is 0.338. The van der Waals surface area contributed by atoms with E-state index in [1.165, 1.54) is 7.11 Å². The first-order valence-corrected chi connectivity index (χ1v) is 11.8. The van der Waals surface area contributed by atoms with Crippen LogP contribution in [0.15, 0.2) is 72.8 Å². The second-order valence-electron chi connectivity index (χ2n) is 8.67. The number of allylic oxidation sites excluding steroid dienone is 1. The largest absolute Gasteiger partial charge is 0.488 e. The molecule has 5 rings (SSSR count). The normalized spacial score (nSPS) is 13.9. The van der Waals surface area contributed by atoms with E-state index in [9.17, 15) is 14.7 Å².